The van der Waals surface area contributed by atoms with E-state index in [0.717, 1.165) is 17.2 Å². The van der Waals surface area contributed by atoms with Crippen LogP contribution in [-0.2, 0) is 13.7 Å². The largest absolute Gasteiger partial charge is 0.326 e. The highest BCUT2D eigenvalue weighted by atomic mass is 33.1. The first-order chi connectivity index (χ1) is 8.81. The van der Waals surface area contributed by atoms with Gasteiger partial charge in [0.25, 0.3) is 0 Å². The highest BCUT2D eigenvalue weighted by Crippen LogP contribution is 2.26. The van der Waals surface area contributed by atoms with E-state index in [4.69, 9.17) is 0 Å². The second-order valence-electron chi connectivity index (χ2n) is 4.66. The van der Waals surface area contributed by atoms with Crippen molar-refractivity contribution >= 4 is 31.3 Å². The number of carbonyl (C=O) groups excluding carboxylic acids is 1. The van der Waals surface area contributed by atoms with Gasteiger partial charge in [-0.15, -0.1) is 0 Å². The SMILES string of the molecule is CC(=O)Nc1ccc(S(=O)(=O)SCCC(C)C)cc1. The first kappa shape index (κ1) is 16.0. The fourth-order valence-electron chi connectivity index (χ4n) is 1.37. The van der Waals surface area contributed by atoms with E-state index in [0.29, 0.717) is 17.4 Å². The van der Waals surface area contributed by atoms with Crippen LogP contribution in [0, 0.1) is 5.92 Å². The molecule has 1 N–H and O–H groups in total. The summed E-state index contributed by atoms with van der Waals surface area (Å²) < 4.78 is 24.0. The summed E-state index contributed by atoms with van der Waals surface area (Å²) in [7, 11) is -2.33. The molecule has 0 heterocycles. The molecule has 0 aliphatic carbocycles. The van der Waals surface area contributed by atoms with Gasteiger partial charge in [0, 0.05) is 18.4 Å². The number of carbonyl (C=O) groups is 1. The molecule has 1 aromatic carbocycles. The van der Waals surface area contributed by atoms with Gasteiger partial charge in [0.15, 0.2) is 0 Å². The molecule has 1 rings (SSSR count). The van der Waals surface area contributed by atoms with Gasteiger partial charge in [-0.3, -0.25) is 4.79 Å². The normalized spacial score (nSPS) is 11.6. The number of benzene rings is 1. The van der Waals surface area contributed by atoms with Gasteiger partial charge in [-0.1, -0.05) is 13.8 Å². The number of anilines is 1. The Balaban J connectivity index is 2.70. The molecule has 1 aromatic rings. The molecule has 0 atom stereocenters. The van der Waals surface area contributed by atoms with Crippen molar-refractivity contribution in [3.05, 3.63) is 24.3 Å². The van der Waals surface area contributed by atoms with Crippen molar-refractivity contribution in [2.24, 2.45) is 5.92 Å². The fraction of sp³-hybridized carbons (Fsp3) is 0.462. The van der Waals surface area contributed by atoms with Crippen LogP contribution in [0.3, 0.4) is 0 Å². The van der Waals surface area contributed by atoms with Crippen molar-refractivity contribution in [3.8, 4) is 0 Å². The van der Waals surface area contributed by atoms with Crippen molar-refractivity contribution in [2.75, 3.05) is 11.1 Å². The summed E-state index contributed by atoms with van der Waals surface area (Å²) in [6, 6.07) is 6.22. The highest BCUT2D eigenvalue weighted by Gasteiger charge is 2.15. The van der Waals surface area contributed by atoms with Crippen LogP contribution >= 0.6 is 10.8 Å². The minimum absolute atomic E-state index is 0.179. The molecule has 19 heavy (non-hydrogen) atoms. The van der Waals surface area contributed by atoms with E-state index in [1.807, 2.05) is 0 Å². The van der Waals surface area contributed by atoms with Crippen LogP contribution in [0.4, 0.5) is 5.69 Å². The van der Waals surface area contributed by atoms with E-state index in [9.17, 15) is 13.2 Å². The zero-order valence-corrected chi connectivity index (χ0v) is 13.0. The first-order valence-corrected chi connectivity index (χ1v) is 9.07. The molecule has 0 aliphatic rings. The smallest absolute Gasteiger partial charge is 0.229 e. The number of hydrogen-bond acceptors (Lipinski definition) is 4. The lowest BCUT2D eigenvalue weighted by Gasteiger charge is -2.07. The lowest BCUT2D eigenvalue weighted by Crippen LogP contribution is -2.06. The second-order valence-corrected chi connectivity index (χ2v) is 8.71. The Hall–Kier alpha value is -1.01. The number of rotatable bonds is 6. The highest BCUT2D eigenvalue weighted by molar-refractivity contribution is 8.72. The van der Waals surface area contributed by atoms with Crippen LogP contribution in [0.5, 0.6) is 0 Å². The molecule has 0 aliphatic heterocycles. The summed E-state index contributed by atoms with van der Waals surface area (Å²) in [6.07, 6.45) is 0.869. The van der Waals surface area contributed by atoms with Crippen LogP contribution in [0.15, 0.2) is 29.2 Å². The first-order valence-electron chi connectivity index (χ1n) is 6.08. The summed E-state index contributed by atoms with van der Waals surface area (Å²) in [5.41, 5.74) is 0.596. The maximum absolute atomic E-state index is 12.0. The van der Waals surface area contributed by atoms with Gasteiger partial charge in [0.1, 0.15) is 0 Å². The number of hydrogen-bond donors (Lipinski definition) is 1. The van der Waals surface area contributed by atoms with E-state index in [-0.39, 0.29) is 10.8 Å². The summed E-state index contributed by atoms with van der Waals surface area (Å²) in [5.74, 6) is 0.903. The fourth-order valence-corrected chi connectivity index (χ4v) is 4.45. The van der Waals surface area contributed by atoms with Crippen LogP contribution in [-0.4, -0.2) is 20.1 Å². The third-order valence-corrected chi connectivity index (χ3v) is 5.97. The minimum atomic E-state index is -3.30. The zero-order valence-electron chi connectivity index (χ0n) is 11.3. The number of amides is 1. The Kier molecular flexibility index (Phi) is 5.87. The van der Waals surface area contributed by atoms with E-state index >= 15 is 0 Å². The molecule has 106 valence electrons. The van der Waals surface area contributed by atoms with Crippen LogP contribution in [0.25, 0.3) is 0 Å². The molecule has 1 amide bonds. The third-order valence-electron chi connectivity index (χ3n) is 2.40. The van der Waals surface area contributed by atoms with Crippen LogP contribution in [0.2, 0.25) is 0 Å². The molecule has 0 spiro atoms. The van der Waals surface area contributed by atoms with Gasteiger partial charge < -0.3 is 5.32 Å². The molecule has 0 radical (unpaired) electrons. The summed E-state index contributed by atoms with van der Waals surface area (Å²) in [5, 5.41) is 2.60. The predicted molar refractivity (Wildman–Crippen MR) is 79.8 cm³/mol. The van der Waals surface area contributed by atoms with Gasteiger partial charge in [0.05, 0.1) is 4.90 Å². The lowest BCUT2D eigenvalue weighted by atomic mass is 10.2. The van der Waals surface area contributed by atoms with E-state index in [1.165, 1.54) is 19.1 Å². The lowest BCUT2D eigenvalue weighted by molar-refractivity contribution is -0.114. The summed E-state index contributed by atoms with van der Waals surface area (Å²) in [6.45, 7) is 5.54. The average Bonchev–Trinajstić information content (AvgIpc) is 2.28. The van der Waals surface area contributed by atoms with Gasteiger partial charge >= 0.3 is 0 Å². The molecule has 6 heteroatoms. The van der Waals surface area contributed by atoms with Gasteiger partial charge in [0.2, 0.25) is 14.8 Å². The molecule has 4 nitrogen and oxygen atoms in total. The monoisotopic (exact) mass is 301 g/mol. The predicted octanol–water partition coefficient (Wildman–Crippen LogP) is 3.11. The summed E-state index contributed by atoms with van der Waals surface area (Å²) in [4.78, 5) is 11.1. The van der Waals surface area contributed by atoms with Crippen LogP contribution < -0.4 is 5.32 Å². The topological polar surface area (TPSA) is 63.2 Å². The van der Waals surface area contributed by atoms with Crippen LogP contribution in [0.1, 0.15) is 27.2 Å². The van der Waals surface area contributed by atoms with Crippen molar-refractivity contribution in [1.29, 1.82) is 0 Å². The van der Waals surface area contributed by atoms with Gasteiger partial charge in [-0.2, -0.15) is 0 Å². The quantitative estimate of drug-likeness (QED) is 0.820. The van der Waals surface area contributed by atoms with Gasteiger partial charge in [-0.05, 0) is 47.4 Å². The standard InChI is InChI=1S/C13H19NO3S2/c1-10(2)8-9-18-19(16,17)13-6-4-12(5-7-13)14-11(3)15/h4-7,10H,8-9H2,1-3H3,(H,14,15). The molecule has 0 aromatic heterocycles. The van der Waals surface area contributed by atoms with E-state index < -0.39 is 8.87 Å². The molecule has 0 bridgehead atoms. The Morgan fingerprint density at radius 2 is 1.84 bits per heavy atom. The molecule has 0 fully saturated rings. The van der Waals surface area contributed by atoms with Crippen molar-refractivity contribution in [1.82, 2.24) is 0 Å². The molecular formula is C13H19NO3S2. The maximum Gasteiger partial charge on any atom is 0.229 e. The van der Waals surface area contributed by atoms with Crippen molar-refractivity contribution in [3.63, 3.8) is 0 Å². The van der Waals surface area contributed by atoms with Gasteiger partial charge in [-0.25, -0.2) is 8.42 Å². The zero-order chi connectivity index (χ0) is 14.5. The van der Waals surface area contributed by atoms with Crippen molar-refractivity contribution < 1.29 is 13.2 Å². The molecular weight excluding hydrogens is 282 g/mol. The average molecular weight is 301 g/mol. The van der Waals surface area contributed by atoms with Crippen molar-refractivity contribution in [2.45, 2.75) is 32.1 Å². The Labute approximate surface area is 118 Å². The molecule has 0 unspecified atom stereocenters. The Bertz CT molecular complexity index is 521. The minimum Gasteiger partial charge on any atom is -0.326 e. The number of nitrogens with one attached hydrogen (secondary N) is 1. The Morgan fingerprint density at radius 3 is 2.32 bits per heavy atom. The second kappa shape index (κ2) is 6.96. The molecule has 0 saturated heterocycles. The maximum atomic E-state index is 12.0. The summed E-state index contributed by atoms with van der Waals surface area (Å²) >= 11 is 0. The molecule has 0 saturated carbocycles. The van der Waals surface area contributed by atoms with E-state index in [2.05, 4.69) is 19.2 Å². The third kappa shape index (κ3) is 5.65. The Morgan fingerprint density at radius 1 is 1.26 bits per heavy atom. The van der Waals surface area contributed by atoms with E-state index in [1.54, 1.807) is 12.1 Å².